The number of aromatic nitrogens is 3. The molecule has 0 aliphatic carbocycles. The van der Waals surface area contributed by atoms with Crippen molar-refractivity contribution in [2.75, 3.05) is 14.2 Å². The molecule has 3 rings (SSSR count). The summed E-state index contributed by atoms with van der Waals surface area (Å²) in [5, 5.41) is 0. The van der Waals surface area contributed by atoms with Gasteiger partial charge in [0.15, 0.2) is 5.82 Å². The molecule has 140 valence electrons. The minimum Gasteiger partial charge on any atom is -0.496 e. The smallest absolute Gasteiger partial charge is 0.153 e. The Morgan fingerprint density at radius 1 is 0.852 bits per heavy atom. The fourth-order valence-corrected chi connectivity index (χ4v) is 2.92. The first-order valence-electron chi connectivity index (χ1n) is 8.80. The summed E-state index contributed by atoms with van der Waals surface area (Å²) in [6.45, 7) is 2.66. The maximum absolute atomic E-state index is 5.51. The largest absolute Gasteiger partial charge is 0.496 e. The van der Waals surface area contributed by atoms with Gasteiger partial charge in [0.25, 0.3) is 0 Å². The molecule has 0 fully saturated rings. The first-order valence-corrected chi connectivity index (χ1v) is 8.80. The molecule has 1 aromatic carbocycles. The van der Waals surface area contributed by atoms with Crippen LogP contribution in [0.5, 0.6) is 5.75 Å². The highest BCUT2D eigenvalue weighted by atomic mass is 16.5. The van der Waals surface area contributed by atoms with Crippen molar-refractivity contribution < 1.29 is 9.47 Å². The van der Waals surface area contributed by atoms with E-state index in [0.29, 0.717) is 12.4 Å². The topological polar surface area (TPSA) is 60.4 Å². The van der Waals surface area contributed by atoms with Gasteiger partial charge in [-0.25, -0.2) is 9.97 Å². The van der Waals surface area contributed by atoms with Gasteiger partial charge in [-0.1, -0.05) is 24.3 Å². The van der Waals surface area contributed by atoms with E-state index in [1.54, 1.807) is 20.4 Å². The van der Waals surface area contributed by atoms with Gasteiger partial charge in [0, 0.05) is 62.7 Å². The van der Waals surface area contributed by atoms with Gasteiger partial charge in [-0.3, -0.25) is 9.88 Å². The van der Waals surface area contributed by atoms with Gasteiger partial charge in [0.1, 0.15) is 12.4 Å². The summed E-state index contributed by atoms with van der Waals surface area (Å²) in [5.41, 5.74) is 3.35. The highest BCUT2D eigenvalue weighted by molar-refractivity contribution is 5.33. The van der Waals surface area contributed by atoms with Crippen LogP contribution in [0.4, 0.5) is 0 Å². The lowest BCUT2D eigenvalue weighted by Crippen LogP contribution is -2.23. The fourth-order valence-electron chi connectivity index (χ4n) is 2.92. The SMILES string of the molecule is COCc1ncc(CN(Cc2cccnc2)Cc2ccccc2OC)cn1. The molecule has 0 N–H and O–H groups in total. The zero-order valence-electron chi connectivity index (χ0n) is 15.7. The Labute approximate surface area is 159 Å². The number of hydrogen-bond donors (Lipinski definition) is 0. The molecule has 3 aromatic rings. The maximum atomic E-state index is 5.51. The van der Waals surface area contributed by atoms with Crippen molar-refractivity contribution in [2.24, 2.45) is 0 Å². The lowest BCUT2D eigenvalue weighted by Gasteiger charge is -2.23. The van der Waals surface area contributed by atoms with Gasteiger partial charge in [0.05, 0.1) is 7.11 Å². The van der Waals surface area contributed by atoms with Crippen molar-refractivity contribution in [3.05, 3.63) is 83.7 Å². The lowest BCUT2D eigenvalue weighted by molar-refractivity contribution is 0.177. The van der Waals surface area contributed by atoms with Crippen LogP contribution in [0.3, 0.4) is 0 Å². The summed E-state index contributed by atoms with van der Waals surface area (Å²) < 4.78 is 10.6. The van der Waals surface area contributed by atoms with Crippen molar-refractivity contribution in [1.29, 1.82) is 0 Å². The number of ether oxygens (including phenoxy) is 2. The molecule has 2 aromatic heterocycles. The van der Waals surface area contributed by atoms with Crippen LogP contribution in [0.15, 0.2) is 61.2 Å². The zero-order valence-corrected chi connectivity index (χ0v) is 15.7. The predicted molar refractivity (Wildman–Crippen MR) is 103 cm³/mol. The molecule has 6 heteroatoms. The molecular formula is C21H24N4O2. The summed E-state index contributed by atoms with van der Waals surface area (Å²) in [6, 6.07) is 12.1. The second-order valence-corrected chi connectivity index (χ2v) is 6.26. The second kappa shape index (κ2) is 9.75. The molecule has 0 atom stereocenters. The van der Waals surface area contributed by atoms with Crippen LogP contribution in [0.2, 0.25) is 0 Å². The van der Waals surface area contributed by atoms with E-state index in [0.717, 1.165) is 42.1 Å². The van der Waals surface area contributed by atoms with E-state index >= 15 is 0 Å². The first-order chi connectivity index (χ1) is 13.3. The van der Waals surface area contributed by atoms with Crippen molar-refractivity contribution in [1.82, 2.24) is 19.9 Å². The molecule has 6 nitrogen and oxygen atoms in total. The molecule has 0 aliphatic rings. The van der Waals surface area contributed by atoms with Crippen LogP contribution in [0.1, 0.15) is 22.5 Å². The number of benzene rings is 1. The highest BCUT2D eigenvalue weighted by Crippen LogP contribution is 2.21. The van der Waals surface area contributed by atoms with Crippen LogP contribution in [0.25, 0.3) is 0 Å². The molecule has 0 saturated heterocycles. The van der Waals surface area contributed by atoms with Gasteiger partial charge in [-0.05, 0) is 17.7 Å². The van der Waals surface area contributed by atoms with Gasteiger partial charge in [-0.15, -0.1) is 0 Å². The molecule has 0 saturated carbocycles. The Balaban J connectivity index is 1.78. The average Bonchev–Trinajstić information content (AvgIpc) is 2.71. The quantitative estimate of drug-likeness (QED) is 0.581. The molecule has 0 amide bonds. The van der Waals surface area contributed by atoms with Crippen molar-refractivity contribution in [3.63, 3.8) is 0 Å². The third-order valence-electron chi connectivity index (χ3n) is 4.15. The van der Waals surface area contributed by atoms with E-state index < -0.39 is 0 Å². The van der Waals surface area contributed by atoms with Crippen molar-refractivity contribution in [3.8, 4) is 5.75 Å². The number of pyridine rings is 1. The van der Waals surface area contributed by atoms with Crippen LogP contribution >= 0.6 is 0 Å². The number of nitrogens with zero attached hydrogens (tertiary/aromatic N) is 4. The van der Waals surface area contributed by atoms with Crippen LogP contribution in [0, 0.1) is 0 Å². The van der Waals surface area contributed by atoms with Gasteiger partial charge < -0.3 is 9.47 Å². The van der Waals surface area contributed by atoms with E-state index in [1.807, 2.05) is 42.9 Å². The van der Waals surface area contributed by atoms with Crippen LogP contribution in [-0.2, 0) is 31.0 Å². The van der Waals surface area contributed by atoms with E-state index in [-0.39, 0.29) is 0 Å². The third-order valence-corrected chi connectivity index (χ3v) is 4.15. The van der Waals surface area contributed by atoms with Crippen LogP contribution in [-0.4, -0.2) is 34.1 Å². The molecule has 0 aliphatic heterocycles. The van der Waals surface area contributed by atoms with E-state index in [9.17, 15) is 0 Å². The monoisotopic (exact) mass is 364 g/mol. The second-order valence-electron chi connectivity index (χ2n) is 6.26. The molecule has 27 heavy (non-hydrogen) atoms. The number of para-hydroxylation sites is 1. The summed E-state index contributed by atoms with van der Waals surface area (Å²) in [7, 11) is 3.34. The fraction of sp³-hybridized carbons (Fsp3) is 0.286. The summed E-state index contributed by atoms with van der Waals surface area (Å²) >= 11 is 0. The van der Waals surface area contributed by atoms with E-state index in [2.05, 4.69) is 32.0 Å². The number of methoxy groups -OCH3 is 2. The van der Waals surface area contributed by atoms with E-state index in [4.69, 9.17) is 9.47 Å². The van der Waals surface area contributed by atoms with Gasteiger partial charge in [-0.2, -0.15) is 0 Å². The molecule has 0 spiro atoms. The molecule has 0 radical (unpaired) electrons. The van der Waals surface area contributed by atoms with Crippen LogP contribution < -0.4 is 4.74 Å². The van der Waals surface area contributed by atoms with E-state index in [1.165, 1.54) is 0 Å². The zero-order chi connectivity index (χ0) is 18.9. The Kier molecular flexibility index (Phi) is 6.84. The first kappa shape index (κ1) is 18.9. The molecule has 2 heterocycles. The summed E-state index contributed by atoms with van der Waals surface area (Å²) in [6.07, 6.45) is 7.41. The van der Waals surface area contributed by atoms with Gasteiger partial charge >= 0.3 is 0 Å². The van der Waals surface area contributed by atoms with Crippen molar-refractivity contribution >= 4 is 0 Å². The number of rotatable bonds is 9. The minimum absolute atomic E-state index is 0.418. The standard InChI is InChI=1S/C21H24N4O2/c1-26-16-21-23-11-18(12-24-21)14-25(13-17-6-5-9-22-10-17)15-19-7-3-4-8-20(19)27-2/h3-12H,13-16H2,1-2H3. The Morgan fingerprint density at radius 3 is 2.33 bits per heavy atom. The number of hydrogen-bond acceptors (Lipinski definition) is 6. The Bertz CT molecular complexity index is 825. The average molecular weight is 364 g/mol. The molecular weight excluding hydrogens is 340 g/mol. The lowest BCUT2D eigenvalue weighted by atomic mass is 10.1. The van der Waals surface area contributed by atoms with Crippen molar-refractivity contribution in [2.45, 2.75) is 26.2 Å². The highest BCUT2D eigenvalue weighted by Gasteiger charge is 2.12. The summed E-state index contributed by atoms with van der Waals surface area (Å²) in [4.78, 5) is 15.3. The molecule has 0 bridgehead atoms. The predicted octanol–water partition coefficient (Wildman–Crippen LogP) is 3.23. The molecule has 0 unspecified atom stereocenters. The Hall–Kier alpha value is -2.83. The minimum atomic E-state index is 0.418. The maximum Gasteiger partial charge on any atom is 0.153 e. The third kappa shape index (κ3) is 5.57. The Morgan fingerprint density at radius 2 is 1.63 bits per heavy atom. The summed E-state index contributed by atoms with van der Waals surface area (Å²) in [5.74, 6) is 1.57. The normalized spacial score (nSPS) is 10.9. The van der Waals surface area contributed by atoms with Gasteiger partial charge in [0.2, 0.25) is 0 Å².